The molecule has 2 N–H and O–H groups in total. The normalized spacial score (nSPS) is 32.5. The zero-order valence-electron chi connectivity index (χ0n) is 9.37. The van der Waals surface area contributed by atoms with Crippen molar-refractivity contribution in [2.75, 3.05) is 12.3 Å². The van der Waals surface area contributed by atoms with E-state index in [1.165, 1.54) is 12.8 Å². The molecule has 0 heterocycles. The van der Waals surface area contributed by atoms with Gasteiger partial charge in [-0.2, -0.15) is 0 Å². The van der Waals surface area contributed by atoms with Crippen molar-refractivity contribution in [1.82, 2.24) is 0 Å². The second kappa shape index (κ2) is 5.86. The van der Waals surface area contributed by atoms with Crippen LogP contribution in [0.1, 0.15) is 39.5 Å². The summed E-state index contributed by atoms with van der Waals surface area (Å²) in [6.07, 6.45) is 4.90. The summed E-state index contributed by atoms with van der Waals surface area (Å²) >= 11 is 0. The summed E-state index contributed by atoms with van der Waals surface area (Å²) in [5.74, 6) is 1.98. The average Bonchev–Trinajstić information content (AvgIpc) is 2.17. The Morgan fingerprint density at radius 2 is 2.21 bits per heavy atom. The monoisotopic (exact) mass is 217 g/mol. The Balaban J connectivity index is 2.36. The summed E-state index contributed by atoms with van der Waals surface area (Å²) < 4.78 is 12.0. The fourth-order valence-corrected chi connectivity index (χ4v) is 4.04. The fraction of sp³-hybridized carbons (Fsp3) is 1.00. The van der Waals surface area contributed by atoms with Crippen LogP contribution >= 0.6 is 0 Å². The molecule has 2 nitrogen and oxygen atoms in total. The zero-order chi connectivity index (χ0) is 10.6. The summed E-state index contributed by atoms with van der Waals surface area (Å²) in [7, 11) is -0.637. The van der Waals surface area contributed by atoms with Crippen LogP contribution in [0.5, 0.6) is 0 Å². The van der Waals surface area contributed by atoms with Gasteiger partial charge in [0.25, 0.3) is 0 Å². The lowest BCUT2D eigenvalue weighted by Gasteiger charge is -2.26. The van der Waals surface area contributed by atoms with E-state index in [-0.39, 0.29) is 0 Å². The van der Waals surface area contributed by atoms with Gasteiger partial charge < -0.3 is 5.73 Å². The summed E-state index contributed by atoms with van der Waals surface area (Å²) in [6.45, 7) is 5.02. The average molecular weight is 217 g/mol. The molecule has 1 aliphatic carbocycles. The summed E-state index contributed by atoms with van der Waals surface area (Å²) in [6, 6.07) is 0. The van der Waals surface area contributed by atoms with Gasteiger partial charge >= 0.3 is 0 Å². The van der Waals surface area contributed by atoms with Crippen LogP contribution in [0.2, 0.25) is 0 Å². The van der Waals surface area contributed by atoms with Crippen LogP contribution in [-0.2, 0) is 10.8 Å². The molecule has 4 unspecified atom stereocenters. The molecule has 0 aliphatic heterocycles. The van der Waals surface area contributed by atoms with E-state index in [4.69, 9.17) is 5.73 Å². The molecular formula is C11H23NOS. The van der Waals surface area contributed by atoms with Gasteiger partial charge in [0, 0.05) is 21.8 Å². The molecule has 4 atom stereocenters. The molecule has 1 rings (SSSR count). The minimum Gasteiger partial charge on any atom is -0.330 e. The molecule has 0 radical (unpaired) electrons. The molecule has 1 aliphatic rings. The maximum Gasteiger partial charge on any atom is 0.0350 e. The van der Waals surface area contributed by atoms with Gasteiger partial charge in [0.2, 0.25) is 0 Å². The number of nitrogens with two attached hydrogens (primary N) is 1. The van der Waals surface area contributed by atoms with E-state index < -0.39 is 10.8 Å². The number of rotatable bonds is 4. The molecule has 0 amide bonds. The van der Waals surface area contributed by atoms with Crippen molar-refractivity contribution in [1.29, 1.82) is 0 Å². The third kappa shape index (κ3) is 3.70. The smallest absolute Gasteiger partial charge is 0.0350 e. The first-order valence-electron chi connectivity index (χ1n) is 5.70. The maximum atomic E-state index is 12.0. The molecule has 0 aromatic rings. The highest BCUT2D eigenvalue weighted by molar-refractivity contribution is 7.85. The quantitative estimate of drug-likeness (QED) is 0.781. The maximum absolute atomic E-state index is 12.0. The fourth-order valence-electron chi connectivity index (χ4n) is 2.10. The molecule has 1 fully saturated rings. The molecular weight excluding hydrogens is 194 g/mol. The predicted octanol–water partition coefficient (Wildman–Crippen LogP) is 1.91. The minimum atomic E-state index is -0.637. The van der Waals surface area contributed by atoms with Crippen molar-refractivity contribution in [3.05, 3.63) is 0 Å². The highest BCUT2D eigenvalue weighted by Crippen LogP contribution is 2.27. The van der Waals surface area contributed by atoms with E-state index in [2.05, 4.69) is 13.8 Å². The molecule has 0 saturated heterocycles. The van der Waals surface area contributed by atoms with E-state index in [0.717, 1.165) is 24.5 Å². The van der Waals surface area contributed by atoms with Crippen LogP contribution in [-0.4, -0.2) is 21.8 Å². The zero-order valence-corrected chi connectivity index (χ0v) is 10.2. The number of hydrogen-bond donors (Lipinski definition) is 1. The SMILES string of the molecule is CC1CCCC(S(=O)CC(C)CN)C1. The molecule has 0 aromatic carbocycles. The molecule has 84 valence electrons. The van der Waals surface area contributed by atoms with Gasteiger partial charge in [0.15, 0.2) is 0 Å². The Kier molecular flexibility index (Phi) is 5.10. The lowest BCUT2D eigenvalue weighted by atomic mass is 9.91. The highest BCUT2D eigenvalue weighted by Gasteiger charge is 2.24. The standard InChI is InChI=1S/C11H23NOS/c1-9-4-3-5-11(6-9)14(13)8-10(2)7-12/h9-11H,3-8,12H2,1-2H3. The van der Waals surface area contributed by atoms with Gasteiger partial charge in [0.05, 0.1) is 0 Å². The second-order valence-electron chi connectivity index (χ2n) is 4.78. The Labute approximate surface area is 90.1 Å². The molecule has 1 saturated carbocycles. The van der Waals surface area contributed by atoms with E-state index in [1.54, 1.807) is 0 Å². The van der Waals surface area contributed by atoms with Crippen LogP contribution in [0.25, 0.3) is 0 Å². The van der Waals surface area contributed by atoms with Crippen LogP contribution in [0.3, 0.4) is 0 Å². The van der Waals surface area contributed by atoms with Gasteiger partial charge in [-0.15, -0.1) is 0 Å². The van der Waals surface area contributed by atoms with Crippen LogP contribution in [0.15, 0.2) is 0 Å². The van der Waals surface area contributed by atoms with Gasteiger partial charge in [0.1, 0.15) is 0 Å². The lowest BCUT2D eigenvalue weighted by molar-refractivity contribution is 0.388. The number of hydrogen-bond acceptors (Lipinski definition) is 2. The molecule has 0 spiro atoms. The third-order valence-electron chi connectivity index (χ3n) is 3.11. The Morgan fingerprint density at radius 3 is 2.79 bits per heavy atom. The summed E-state index contributed by atoms with van der Waals surface area (Å²) in [5.41, 5.74) is 5.54. The van der Waals surface area contributed by atoms with Gasteiger partial charge in [-0.3, -0.25) is 4.21 Å². The highest BCUT2D eigenvalue weighted by atomic mass is 32.2. The minimum absolute atomic E-state index is 0.410. The van der Waals surface area contributed by atoms with Crippen LogP contribution in [0.4, 0.5) is 0 Å². The Bertz CT molecular complexity index is 196. The van der Waals surface area contributed by atoms with Crippen molar-refractivity contribution in [3.63, 3.8) is 0 Å². The van der Waals surface area contributed by atoms with Gasteiger partial charge in [-0.05, 0) is 31.2 Å². The molecule has 3 heteroatoms. The largest absolute Gasteiger partial charge is 0.330 e. The molecule has 0 bridgehead atoms. The first-order valence-corrected chi connectivity index (χ1v) is 7.09. The third-order valence-corrected chi connectivity index (χ3v) is 5.18. The summed E-state index contributed by atoms with van der Waals surface area (Å²) in [4.78, 5) is 0. The summed E-state index contributed by atoms with van der Waals surface area (Å²) in [5, 5.41) is 0.452. The van der Waals surface area contributed by atoms with E-state index in [9.17, 15) is 4.21 Å². The van der Waals surface area contributed by atoms with E-state index in [1.807, 2.05) is 0 Å². The second-order valence-corrected chi connectivity index (χ2v) is 6.54. The van der Waals surface area contributed by atoms with Crippen molar-refractivity contribution in [2.45, 2.75) is 44.8 Å². The van der Waals surface area contributed by atoms with Crippen LogP contribution < -0.4 is 5.73 Å². The van der Waals surface area contributed by atoms with Crippen molar-refractivity contribution in [2.24, 2.45) is 17.6 Å². The topological polar surface area (TPSA) is 43.1 Å². The lowest BCUT2D eigenvalue weighted by Crippen LogP contribution is -2.28. The van der Waals surface area contributed by atoms with Gasteiger partial charge in [-0.25, -0.2) is 0 Å². The van der Waals surface area contributed by atoms with Crippen LogP contribution in [0, 0.1) is 11.8 Å². The van der Waals surface area contributed by atoms with E-state index in [0.29, 0.717) is 17.7 Å². The Hall–Kier alpha value is 0.110. The van der Waals surface area contributed by atoms with Gasteiger partial charge in [-0.1, -0.05) is 26.7 Å². The Morgan fingerprint density at radius 1 is 1.50 bits per heavy atom. The van der Waals surface area contributed by atoms with Crippen molar-refractivity contribution < 1.29 is 4.21 Å². The molecule has 14 heavy (non-hydrogen) atoms. The first kappa shape index (κ1) is 12.2. The molecule has 0 aromatic heterocycles. The predicted molar refractivity (Wildman–Crippen MR) is 62.6 cm³/mol. The van der Waals surface area contributed by atoms with Crippen molar-refractivity contribution >= 4 is 10.8 Å². The van der Waals surface area contributed by atoms with Crippen molar-refractivity contribution in [3.8, 4) is 0 Å². The first-order chi connectivity index (χ1) is 6.63. The van der Waals surface area contributed by atoms with E-state index >= 15 is 0 Å².